The van der Waals surface area contributed by atoms with Gasteiger partial charge < -0.3 is 4.57 Å². The quantitative estimate of drug-likeness (QED) is 0.149. The summed E-state index contributed by atoms with van der Waals surface area (Å²) in [5.41, 5.74) is 18.4. The van der Waals surface area contributed by atoms with E-state index in [1.54, 1.807) is 0 Å². The maximum absolute atomic E-state index is 2.42. The first-order valence-electron chi connectivity index (χ1n) is 20.5. The molecule has 11 rings (SSSR count). The van der Waals surface area contributed by atoms with Crippen LogP contribution in [0.5, 0.6) is 0 Å². The first-order chi connectivity index (χ1) is 29.1. The van der Waals surface area contributed by atoms with Gasteiger partial charge in [-0.1, -0.05) is 181 Å². The van der Waals surface area contributed by atoms with Crippen molar-refractivity contribution in [1.29, 1.82) is 0 Å². The lowest BCUT2D eigenvalue weighted by Crippen LogP contribution is -1.93. The molecule has 0 saturated carbocycles. The van der Waals surface area contributed by atoms with Crippen molar-refractivity contribution in [2.75, 3.05) is 0 Å². The molecule has 0 atom stereocenters. The summed E-state index contributed by atoms with van der Waals surface area (Å²) in [6.07, 6.45) is 0. The van der Waals surface area contributed by atoms with Crippen LogP contribution in [-0.4, -0.2) is 4.57 Å². The highest BCUT2D eigenvalue weighted by Gasteiger charge is 2.19. The predicted octanol–water partition coefficient (Wildman–Crippen LogP) is 16.0. The lowest BCUT2D eigenvalue weighted by atomic mass is 9.83. The standard InChI is InChI=1S/C58H41N/c1-38-13-11-17-43(33-38)46-28-31-51-53(36-46)57(41-15-5-3-6-16-41)50-30-27-47(44-18-12-14-39(2)34-44)37-54(50)58(51)42-25-23-40(24-26-42)45-29-32-56-52(35-45)49-21-9-10-22-55(49)59(56)48-19-7-4-8-20-48/h3-37H,1-2H3. The third kappa shape index (κ3) is 6.02. The van der Waals surface area contributed by atoms with Crippen LogP contribution in [0.4, 0.5) is 0 Å². The molecule has 278 valence electrons. The second kappa shape index (κ2) is 14.2. The molecule has 1 heterocycles. The molecule has 0 amide bonds. The van der Waals surface area contributed by atoms with E-state index in [0.717, 1.165) is 0 Å². The molecule has 0 aliphatic carbocycles. The van der Waals surface area contributed by atoms with Crippen LogP contribution >= 0.6 is 0 Å². The van der Waals surface area contributed by atoms with Crippen LogP contribution in [0.25, 0.3) is 105 Å². The van der Waals surface area contributed by atoms with Gasteiger partial charge in [0.25, 0.3) is 0 Å². The molecule has 1 heteroatoms. The second-order valence-corrected chi connectivity index (χ2v) is 15.9. The Kier molecular flexibility index (Phi) is 8.34. The highest BCUT2D eigenvalue weighted by atomic mass is 15.0. The van der Waals surface area contributed by atoms with Crippen LogP contribution in [0.3, 0.4) is 0 Å². The minimum atomic E-state index is 1.17. The Bertz CT molecular complexity index is 3370. The Labute approximate surface area is 345 Å². The fourth-order valence-electron chi connectivity index (χ4n) is 9.30. The average Bonchev–Trinajstić information content (AvgIpc) is 3.62. The number of aryl methyl sites for hydroxylation is 2. The lowest BCUT2D eigenvalue weighted by Gasteiger charge is -2.20. The zero-order valence-corrected chi connectivity index (χ0v) is 33.2. The monoisotopic (exact) mass is 751 g/mol. The predicted molar refractivity (Wildman–Crippen MR) is 252 cm³/mol. The molecule has 1 nitrogen and oxygen atoms in total. The Hall–Kier alpha value is -7.48. The molecule has 0 saturated heterocycles. The van der Waals surface area contributed by atoms with Gasteiger partial charge in [-0.05, 0) is 133 Å². The number of hydrogen-bond acceptors (Lipinski definition) is 0. The average molecular weight is 752 g/mol. The van der Waals surface area contributed by atoms with Gasteiger partial charge in [-0.3, -0.25) is 0 Å². The Morgan fingerprint density at radius 1 is 0.254 bits per heavy atom. The van der Waals surface area contributed by atoms with Crippen molar-refractivity contribution in [3.63, 3.8) is 0 Å². The highest BCUT2D eigenvalue weighted by Crippen LogP contribution is 2.46. The number of aromatic nitrogens is 1. The molecule has 0 bridgehead atoms. The maximum Gasteiger partial charge on any atom is 0.0541 e. The highest BCUT2D eigenvalue weighted by molar-refractivity contribution is 6.22. The van der Waals surface area contributed by atoms with Crippen molar-refractivity contribution in [2.24, 2.45) is 0 Å². The van der Waals surface area contributed by atoms with Crippen molar-refractivity contribution in [3.05, 3.63) is 223 Å². The van der Waals surface area contributed by atoms with E-state index in [4.69, 9.17) is 0 Å². The van der Waals surface area contributed by atoms with E-state index >= 15 is 0 Å². The van der Waals surface area contributed by atoms with Crippen LogP contribution in [0.1, 0.15) is 11.1 Å². The molecule has 0 fully saturated rings. The molecular formula is C58H41N. The second-order valence-electron chi connectivity index (χ2n) is 15.9. The van der Waals surface area contributed by atoms with E-state index in [1.807, 2.05) is 0 Å². The third-order valence-corrected chi connectivity index (χ3v) is 12.1. The van der Waals surface area contributed by atoms with Gasteiger partial charge in [0.2, 0.25) is 0 Å². The van der Waals surface area contributed by atoms with Crippen LogP contribution in [0.15, 0.2) is 212 Å². The summed E-state index contributed by atoms with van der Waals surface area (Å²) in [6.45, 7) is 4.34. The van der Waals surface area contributed by atoms with Crippen molar-refractivity contribution >= 4 is 43.4 Å². The third-order valence-electron chi connectivity index (χ3n) is 12.1. The lowest BCUT2D eigenvalue weighted by molar-refractivity contribution is 1.18. The molecular weight excluding hydrogens is 711 g/mol. The van der Waals surface area contributed by atoms with Crippen LogP contribution in [0, 0.1) is 13.8 Å². The van der Waals surface area contributed by atoms with E-state index in [2.05, 4.69) is 231 Å². The maximum atomic E-state index is 2.42. The van der Waals surface area contributed by atoms with Gasteiger partial charge in [-0.25, -0.2) is 0 Å². The minimum Gasteiger partial charge on any atom is -0.309 e. The number of fused-ring (bicyclic) bond motifs is 5. The topological polar surface area (TPSA) is 4.93 Å². The fourth-order valence-corrected chi connectivity index (χ4v) is 9.30. The molecule has 0 aliphatic rings. The SMILES string of the molecule is Cc1cccc(-c2ccc3c(-c4ccc(-c5ccc6c(c5)c5ccccc5n6-c5ccccc5)cc4)c4cc(-c5cccc(C)c5)ccc4c(-c4ccccc4)c3c2)c1. The number of nitrogens with zero attached hydrogens (tertiary/aromatic N) is 1. The Morgan fingerprint density at radius 3 is 1.29 bits per heavy atom. The molecule has 0 unspecified atom stereocenters. The largest absolute Gasteiger partial charge is 0.309 e. The minimum absolute atomic E-state index is 1.17. The summed E-state index contributed by atoms with van der Waals surface area (Å²) in [4.78, 5) is 0. The van der Waals surface area contributed by atoms with E-state index in [9.17, 15) is 0 Å². The smallest absolute Gasteiger partial charge is 0.0541 e. The summed E-state index contributed by atoms with van der Waals surface area (Å²) in [7, 11) is 0. The first-order valence-corrected chi connectivity index (χ1v) is 20.5. The van der Waals surface area contributed by atoms with E-state index in [1.165, 1.54) is 116 Å². The first kappa shape index (κ1) is 34.7. The number of rotatable bonds is 6. The van der Waals surface area contributed by atoms with Crippen LogP contribution in [-0.2, 0) is 0 Å². The zero-order valence-electron chi connectivity index (χ0n) is 33.2. The van der Waals surface area contributed by atoms with Crippen LogP contribution in [0.2, 0.25) is 0 Å². The molecule has 11 aromatic rings. The molecule has 1 aromatic heterocycles. The van der Waals surface area contributed by atoms with Gasteiger partial charge in [0.05, 0.1) is 11.0 Å². The van der Waals surface area contributed by atoms with Crippen molar-refractivity contribution in [1.82, 2.24) is 4.57 Å². The summed E-state index contributed by atoms with van der Waals surface area (Å²) in [5.74, 6) is 0. The number of hydrogen-bond donors (Lipinski definition) is 0. The van der Waals surface area contributed by atoms with E-state index < -0.39 is 0 Å². The van der Waals surface area contributed by atoms with Gasteiger partial charge in [-0.15, -0.1) is 0 Å². The summed E-state index contributed by atoms with van der Waals surface area (Å²) < 4.78 is 2.38. The summed E-state index contributed by atoms with van der Waals surface area (Å²) in [5, 5.41) is 7.52. The van der Waals surface area contributed by atoms with Crippen LogP contribution < -0.4 is 0 Å². The summed E-state index contributed by atoms with van der Waals surface area (Å²) in [6, 6.07) is 78.4. The number of para-hydroxylation sites is 2. The van der Waals surface area contributed by atoms with Gasteiger partial charge in [-0.2, -0.15) is 0 Å². The normalized spacial score (nSPS) is 11.6. The molecule has 59 heavy (non-hydrogen) atoms. The summed E-state index contributed by atoms with van der Waals surface area (Å²) >= 11 is 0. The molecule has 0 spiro atoms. The zero-order chi connectivity index (χ0) is 39.5. The number of benzene rings is 10. The van der Waals surface area contributed by atoms with Gasteiger partial charge in [0.15, 0.2) is 0 Å². The Balaban J connectivity index is 1.13. The molecule has 10 aromatic carbocycles. The van der Waals surface area contributed by atoms with Crippen molar-refractivity contribution in [3.8, 4) is 61.3 Å². The molecule has 0 aliphatic heterocycles. The van der Waals surface area contributed by atoms with Gasteiger partial charge in [0.1, 0.15) is 0 Å². The van der Waals surface area contributed by atoms with E-state index in [0.29, 0.717) is 0 Å². The van der Waals surface area contributed by atoms with E-state index in [-0.39, 0.29) is 0 Å². The van der Waals surface area contributed by atoms with Crippen molar-refractivity contribution in [2.45, 2.75) is 13.8 Å². The van der Waals surface area contributed by atoms with Gasteiger partial charge >= 0.3 is 0 Å². The Morgan fingerprint density at radius 2 is 0.678 bits per heavy atom. The van der Waals surface area contributed by atoms with Crippen molar-refractivity contribution < 1.29 is 0 Å². The molecule has 0 N–H and O–H groups in total. The molecule has 0 radical (unpaired) electrons. The fraction of sp³-hybridized carbons (Fsp3) is 0.0345. The van der Waals surface area contributed by atoms with Gasteiger partial charge in [0, 0.05) is 16.5 Å².